The second-order valence-electron chi connectivity index (χ2n) is 6.27. The minimum atomic E-state index is -0.630. The van der Waals surface area contributed by atoms with E-state index in [1.165, 1.54) is 13.2 Å². The van der Waals surface area contributed by atoms with Crippen LogP contribution in [-0.2, 0) is 11.2 Å². The lowest BCUT2D eigenvalue weighted by molar-refractivity contribution is -0.385. The zero-order chi connectivity index (χ0) is 21.0. The van der Waals surface area contributed by atoms with E-state index in [2.05, 4.69) is 0 Å². The molecule has 0 aromatic heterocycles. The number of non-ortho nitro benzene ring substituents is 1. The van der Waals surface area contributed by atoms with Crippen LogP contribution in [0, 0.1) is 10.1 Å². The number of aromatic hydroxyl groups is 1. The van der Waals surface area contributed by atoms with E-state index in [1.54, 1.807) is 0 Å². The molecule has 0 spiro atoms. The summed E-state index contributed by atoms with van der Waals surface area (Å²) in [5.41, 5.74) is 0.849. The summed E-state index contributed by atoms with van der Waals surface area (Å²) in [6.45, 7) is 0.265. The Morgan fingerprint density at radius 3 is 2.62 bits per heavy atom. The van der Waals surface area contributed by atoms with Crippen molar-refractivity contribution in [3.05, 3.63) is 68.6 Å². The van der Waals surface area contributed by atoms with Crippen LogP contribution in [0.15, 0.2) is 47.4 Å². The average molecular weight is 414 g/mol. The number of nitro groups is 1. The Kier molecular flexibility index (Phi) is 6.18. The predicted molar refractivity (Wildman–Crippen MR) is 109 cm³/mol. The quantitative estimate of drug-likeness (QED) is 0.414. The van der Waals surface area contributed by atoms with Crippen molar-refractivity contribution in [3.63, 3.8) is 0 Å². The van der Waals surface area contributed by atoms with Crippen LogP contribution in [0.2, 0.25) is 0 Å². The number of nitro benzene ring substituents is 1. The fourth-order valence-electron chi connectivity index (χ4n) is 2.91. The van der Waals surface area contributed by atoms with Crippen LogP contribution < -0.4 is 4.74 Å². The van der Waals surface area contributed by atoms with E-state index in [0.29, 0.717) is 6.42 Å². The van der Waals surface area contributed by atoms with E-state index in [-0.39, 0.29) is 34.2 Å². The van der Waals surface area contributed by atoms with Gasteiger partial charge in [-0.2, -0.15) is 0 Å². The first-order valence-electron chi connectivity index (χ1n) is 8.75. The normalized spacial score (nSPS) is 15.2. The molecular formula is C20H18N2O6S. The highest BCUT2D eigenvalue weighted by Crippen LogP contribution is 2.39. The maximum atomic E-state index is 12.6. The summed E-state index contributed by atoms with van der Waals surface area (Å²) in [5, 5.41) is 20.9. The molecule has 8 nitrogen and oxygen atoms in total. The van der Waals surface area contributed by atoms with Gasteiger partial charge in [-0.15, -0.1) is 0 Å². The molecule has 0 bridgehead atoms. The minimum absolute atomic E-state index is 0.0332. The Balaban J connectivity index is 1.77. The van der Waals surface area contributed by atoms with Crippen molar-refractivity contribution in [1.29, 1.82) is 0 Å². The number of thioether (sulfide) groups is 1. The van der Waals surface area contributed by atoms with E-state index in [9.17, 15) is 24.8 Å². The number of rotatable bonds is 7. The lowest BCUT2D eigenvalue weighted by Gasteiger charge is -2.12. The third kappa shape index (κ3) is 4.57. The summed E-state index contributed by atoms with van der Waals surface area (Å²) in [5.74, 6) is -0.917. The van der Waals surface area contributed by atoms with Crippen LogP contribution in [0.5, 0.6) is 11.5 Å². The monoisotopic (exact) mass is 414 g/mol. The molecule has 1 aliphatic heterocycles. The number of nitrogens with zero attached hydrogens (tertiary/aromatic N) is 2. The molecular weight excluding hydrogens is 396 g/mol. The molecule has 2 aromatic carbocycles. The lowest BCUT2D eigenvalue weighted by Crippen LogP contribution is -2.29. The van der Waals surface area contributed by atoms with Gasteiger partial charge in [0, 0.05) is 18.2 Å². The fraction of sp³-hybridized carbons (Fsp3) is 0.200. The van der Waals surface area contributed by atoms with Crippen LogP contribution in [0.4, 0.5) is 10.5 Å². The maximum Gasteiger partial charge on any atom is 0.293 e. The lowest BCUT2D eigenvalue weighted by atomic mass is 10.1. The van der Waals surface area contributed by atoms with Crippen molar-refractivity contribution in [2.75, 3.05) is 13.7 Å². The van der Waals surface area contributed by atoms with Crippen molar-refractivity contribution in [2.45, 2.75) is 12.8 Å². The molecule has 0 atom stereocenters. The van der Waals surface area contributed by atoms with Gasteiger partial charge in [-0.1, -0.05) is 30.3 Å². The number of phenols is 1. The molecule has 150 valence electrons. The van der Waals surface area contributed by atoms with Gasteiger partial charge in [0.15, 0.2) is 11.5 Å². The third-order valence-electron chi connectivity index (χ3n) is 4.37. The Labute approximate surface area is 170 Å². The Morgan fingerprint density at radius 1 is 1.24 bits per heavy atom. The number of imide groups is 1. The summed E-state index contributed by atoms with van der Waals surface area (Å²) in [7, 11) is 1.27. The minimum Gasteiger partial charge on any atom is -0.504 e. The first-order chi connectivity index (χ1) is 13.9. The predicted octanol–water partition coefficient (Wildman–Crippen LogP) is 3.98. The topological polar surface area (TPSA) is 110 Å². The number of hydrogen-bond donors (Lipinski definition) is 1. The Hall–Kier alpha value is -3.33. The third-order valence-corrected chi connectivity index (χ3v) is 5.28. The second-order valence-corrected chi connectivity index (χ2v) is 7.26. The number of ether oxygens (including phenoxy) is 1. The van der Waals surface area contributed by atoms with Crippen molar-refractivity contribution < 1.29 is 24.4 Å². The number of benzene rings is 2. The van der Waals surface area contributed by atoms with Crippen LogP contribution in [0.1, 0.15) is 17.5 Å². The molecule has 2 amide bonds. The van der Waals surface area contributed by atoms with Crippen LogP contribution in [0.25, 0.3) is 6.08 Å². The smallest absolute Gasteiger partial charge is 0.293 e. The molecule has 1 saturated heterocycles. The zero-order valence-corrected chi connectivity index (χ0v) is 16.3. The van der Waals surface area contributed by atoms with Gasteiger partial charge in [0.2, 0.25) is 0 Å². The zero-order valence-electron chi connectivity index (χ0n) is 15.5. The number of methoxy groups -OCH3 is 1. The van der Waals surface area contributed by atoms with Crippen LogP contribution in [-0.4, -0.2) is 39.7 Å². The molecule has 1 fully saturated rings. The number of phenolic OH excluding ortho intramolecular Hbond substituents is 1. The molecule has 1 N–H and O–H groups in total. The van der Waals surface area contributed by atoms with Crippen LogP contribution >= 0.6 is 11.8 Å². The first-order valence-corrected chi connectivity index (χ1v) is 9.57. The number of carbonyl (C=O) groups excluding carboxylic acids is 2. The van der Waals surface area contributed by atoms with Gasteiger partial charge in [-0.25, -0.2) is 0 Å². The SMILES string of the molecule is COc1cc([N+](=O)[O-])cc(/C=C2/SC(=O)N(CCCc3ccccc3)C2=O)c1O. The van der Waals surface area contributed by atoms with E-state index in [0.717, 1.165) is 40.8 Å². The van der Waals surface area contributed by atoms with Gasteiger partial charge in [0.05, 0.1) is 23.0 Å². The number of carbonyl (C=O) groups is 2. The van der Waals surface area contributed by atoms with Gasteiger partial charge in [-0.05, 0) is 36.2 Å². The highest BCUT2D eigenvalue weighted by molar-refractivity contribution is 8.18. The summed E-state index contributed by atoms with van der Waals surface area (Å²) in [6.07, 6.45) is 2.61. The number of aryl methyl sites for hydroxylation is 1. The largest absolute Gasteiger partial charge is 0.504 e. The molecule has 0 unspecified atom stereocenters. The van der Waals surface area contributed by atoms with Gasteiger partial charge < -0.3 is 9.84 Å². The van der Waals surface area contributed by atoms with Crippen molar-refractivity contribution >= 4 is 34.7 Å². The van der Waals surface area contributed by atoms with Gasteiger partial charge in [0.1, 0.15) is 0 Å². The summed E-state index contributed by atoms with van der Waals surface area (Å²) >= 11 is 0.736. The van der Waals surface area contributed by atoms with Crippen molar-refractivity contribution in [2.24, 2.45) is 0 Å². The van der Waals surface area contributed by atoms with E-state index in [1.807, 2.05) is 30.3 Å². The van der Waals surface area contributed by atoms with E-state index >= 15 is 0 Å². The van der Waals surface area contributed by atoms with Crippen molar-refractivity contribution in [3.8, 4) is 11.5 Å². The van der Waals surface area contributed by atoms with Gasteiger partial charge >= 0.3 is 0 Å². The molecule has 0 saturated carbocycles. The van der Waals surface area contributed by atoms with Gasteiger partial charge in [0.25, 0.3) is 16.8 Å². The highest BCUT2D eigenvalue weighted by atomic mass is 32.2. The molecule has 1 aliphatic rings. The molecule has 3 rings (SSSR count). The molecule has 29 heavy (non-hydrogen) atoms. The highest BCUT2D eigenvalue weighted by Gasteiger charge is 2.35. The molecule has 9 heteroatoms. The Morgan fingerprint density at radius 2 is 1.97 bits per heavy atom. The summed E-state index contributed by atoms with van der Waals surface area (Å²) < 4.78 is 4.95. The number of hydrogen-bond acceptors (Lipinski definition) is 7. The van der Waals surface area contributed by atoms with E-state index in [4.69, 9.17) is 4.74 Å². The second kappa shape index (κ2) is 8.78. The molecule has 0 aliphatic carbocycles. The average Bonchev–Trinajstić information content (AvgIpc) is 2.97. The van der Waals surface area contributed by atoms with Crippen LogP contribution in [0.3, 0.4) is 0 Å². The molecule has 2 aromatic rings. The number of amides is 2. The molecule has 1 heterocycles. The maximum absolute atomic E-state index is 12.6. The first kappa shape index (κ1) is 20.4. The standard InChI is InChI=1S/C20H18N2O6S/c1-28-16-12-15(22(26)27)10-14(18(16)23)11-17-19(24)21(20(25)29-17)9-5-8-13-6-3-2-4-7-13/h2-4,6-7,10-12,23H,5,8-9H2,1H3/b17-11+. The van der Waals surface area contributed by atoms with Crippen molar-refractivity contribution in [1.82, 2.24) is 4.90 Å². The van der Waals surface area contributed by atoms with E-state index < -0.39 is 16.1 Å². The fourth-order valence-corrected chi connectivity index (χ4v) is 3.76. The Bertz CT molecular complexity index is 990. The van der Waals surface area contributed by atoms with Gasteiger partial charge in [-0.3, -0.25) is 24.6 Å². The summed E-state index contributed by atoms with van der Waals surface area (Å²) in [4.78, 5) is 36.5. The summed E-state index contributed by atoms with van der Waals surface area (Å²) in [6, 6.07) is 11.9. The molecule has 0 radical (unpaired) electrons.